The van der Waals surface area contributed by atoms with Gasteiger partial charge in [-0.2, -0.15) is 0 Å². The molecule has 0 unspecified atom stereocenters. The van der Waals surface area contributed by atoms with Crippen LogP contribution in [-0.4, -0.2) is 35.7 Å². The van der Waals surface area contributed by atoms with E-state index in [1.807, 2.05) is 54.6 Å². The molecule has 10 nitrogen and oxygen atoms in total. The van der Waals surface area contributed by atoms with E-state index in [4.69, 9.17) is 39.9 Å². The van der Waals surface area contributed by atoms with Crippen LogP contribution < -0.4 is 15.1 Å². The van der Waals surface area contributed by atoms with E-state index >= 15 is 0 Å². The maximum absolute atomic E-state index is 13.7. The molecule has 450 valence electrons. The van der Waals surface area contributed by atoms with Gasteiger partial charge in [0, 0.05) is 56.0 Å². The molecule has 8 aromatic carbocycles. The molecule has 0 fully saturated rings. The van der Waals surface area contributed by atoms with Crippen molar-refractivity contribution in [2.24, 2.45) is 5.92 Å². The Kier molecular flexibility index (Phi) is 13.4. The van der Waals surface area contributed by atoms with Gasteiger partial charge < -0.3 is 35.0 Å². The van der Waals surface area contributed by atoms with Gasteiger partial charge in [0.2, 0.25) is 0 Å². The largest absolute Gasteiger partial charge is 2.00 e. The van der Waals surface area contributed by atoms with Gasteiger partial charge >= 0.3 is 16.5 Å². The third kappa shape index (κ3) is 9.22. The number of fused-ring (bicyclic) bond motifs is 25. The number of benzene rings is 8. The van der Waals surface area contributed by atoms with Crippen molar-refractivity contribution in [3.8, 4) is 56.7 Å². The van der Waals surface area contributed by atoms with Crippen LogP contribution in [0.1, 0.15) is 76.1 Å². The standard InChI is InChI=1S/C48H24N8.C34H36O2.Ni/c1-2-10-26-18-34-33(17-25(26)9-1)41-49-42(34)54-44-37-21-29-13-5-6-14-30(29)22-38(37)46(51-44)56-48-40-24-32-16-8-7-15-31(32)23-39(40)47(52-48)55-45-36-20-28-12-4-3-11-27(28)19-35(36)43(50-45)53-41;1-17(2)23-11-9-19(5)29-25(15-23)21(7)13-27(29)31-33(35)32(34(31)36)28-14-22(8)26-16-24(18(3)4)12-10-20(6)30(26)28;/h1-24H;9-15,17-18,35H,16H2,1-8H3;/q-2;;+2/p-1. The van der Waals surface area contributed by atoms with Crippen LogP contribution in [-0.2, 0) is 21.3 Å². The van der Waals surface area contributed by atoms with E-state index < -0.39 is 0 Å². The number of rotatable bonds is 3. The summed E-state index contributed by atoms with van der Waals surface area (Å²) in [5.41, 5.74) is 19.5. The molecule has 11 heteroatoms. The molecule has 11 aromatic rings. The molecule has 5 heterocycles. The summed E-state index contributed by atoms with van der Waals surface area (Å²) in [5, 5.41) is 26.0. The number of nitrogens with zero attached hydrogens (tertiary/aromatic N) is 8. The topological polar surface area (TPSA) is 146 Å². The van der Waals surface area contributed by atoms with Crippen molar-refractivity contribution in [3.05, 3.63) is 255 Å². The van der Waals surface area contributed by atoms with Gasteiger partial charge in [0.1, 0.15) is 0 Å². The zero-order chi connectivity index (χ0) is 62.5. The summed E-state index contributed by atoms with van der Waals surface area (Å²) < 4.78 is 0. The number of Topliss-reactive ketones (excluding diaryl/α,β-unsaturated/α-hetero) is 1. The first-order valence-electron chi connectivity index (χ1n) is 31.6. The summed E-state index contributed by atoms with van der Waals surface area (Å²) in [6, 6.07) is 58.9. The molecule has 2 aliphatic heterocycles. The van der Waals surface area contributed by atoms with Crippen molar-refractivity contribution >= 4 is 98.6 Å². The van der Waals surface area contributed by atoms with Crippen LogP contribution >= 0.6 is 0 Å². The van der Waals surface area contributed by atoms with Gasteiger partial charge in [0.15, 0.2) is 5.78 Å². The maximum atomic E-state index is 13.7. The zero-order valence-electron chi connectivity index (χ0n) is 52.5. The average Bonchev–Trinajstić information content (AvgIpc) is 1.66. The molecule has 0 radical (unpaired) electrons. The first-order valence-corrected chi connectivity index (χ1v) is 31.6. The number of allylic oxidation sites excluding steroid dienone is 11. The summed E-state index contributed by atoms with van der Waals surface area (Å²) in [4.78, 5) is 55.3. The Bertz CT molecular complexity index is 5410. The Morgan fingerprint density at radius 3 is 1.20 bits per heavy atom. The van der Waals surface area contributed by atoms with Gasteiger partial charge in [-0.25, -0.2) is 9.97 Å². The minimum absolute atomic E-state index is 0. The van der Waals surface area contributed by atoms with E-state index in [9.17, 15) is 9.90 Å². The Morgan fingerprint density at radius 2 is 0.817 bits per heavy atom. The molecule has 7 aliphatic rings. The normalized spacial score (nSPS) is 15.2. The van der Waals surface area contributed by atoms with Crippen LogP contribution in [0.3, 0.4) is 0 Å². The molecule has 0 spiro atoms. The molecule has 0 atom stereocenters. The summed E-state index contributed by atoms with van der Waals surface area (Å²) in [6.07, 6.45) is 7.27. The molecule has 3 aromatic heterocycles. The second-order valence-electron chi connectivity index (χ2n) is 25.7. The van der Waals surface area contributed by atoms with E-state index in [0.29, 0.717) is 68.9 Å². The van der Waals surface area contributed by atoms with Crippen molar-refractivity contribution in [2.45, 2.75) is 67.7 Å². The van der Waals surface area contributed by atoms with Gasteiger partial charge in [0.05, 0.1) is 23.3 Å². The van der Waals surface area contributed by atoms with Gasteiger partial charge in [-0.1, -0.05) is 179 Å². The smallest absolute Gasteiger partial charge is 0.871 e. The van der Waals surface area contributed by atoms with Gasteiger partial charge in [0.25, 0.3) is 0 Å². The molecule has 0 amide bonds. The molecular formula is C82H59N8NiO2-. The van der Waals surface area contributed by atoms with Crippen LogP contribution in [0, 0.1) is 19.8 Å². The molecule has 18 rings (SSSR count). The van der Waals surface area contributed by atoms with Crippen molar-refractivity contribution in [1.29, 1.82) is 0 Å². The van der Waals surface area contributed by atoms with E-state index in [0.717, 1.165) is 143 Å². The van der Waals surface area contributed by atoms with Gasteiger partial charge in [-0.3, -0.25) is 4.79 Å². The molecule has 0 saturated heterocycles. The zero-order valence-corrected chi connectivity index (χ0v) is 53.5. The van der Waals surface area contributed by atoms with Crippen molar-refractivity contribution < 1.29 is 26.4 Å². The van der Waals surface area contributed by atoms with E-state index in [1.165, 1.54) is 16.7 Å². The second-order valence-corrected chi connectivity index (χ2v) is 25.7. The quantitative estimate of drug-likeness (QED) is 0.124. The Morgan fingerprint density at radius 1 is 0.409 bits per heavy atom. The molecular weight excluding hydrogens is 1190 g/mol. The third-order valence-electron chi connectivity index (χ3n) is 19.3. The molecule has 5 aliphatic carbocycles. The average molecular weight is 1250 g/mol. The summed E-state index contributed by atoms with van der Waals surface area (Å²) in [5.74, 6) is 2.75. The predicted octanol–water partition coefficient (Wildman–Crippen LogP) is 18.4. The number of ketones is 1. The summed E-state index contributed by atoms with van der Waals surface area (Å²) in [6.45, 7) is 17.1. The number of hydrogen-bond acceptors (Lipinski definition) is 8. The Labute approximate surface area is 547 Å². The van der Waals surface area contributed by atoms with E-state index in [2.05, 4.69) is 189 Å². The Balaban J connectivity index is 0.000000161. The van der Waals surface area contributed by atoms with E-state index in [-0.39, 0.29) is 28.0 Å². The number of carbonyl (C=O) groups is 1. The fraction of sp³-hybridized carbons (Fsp3) is 0.134. The number of carbonyl (C=O) groups excluding carboxylic acids is 1. The molecule has 8 bridgehead atoms. The number of aryl methyl sites for hydroxylation is 2. The van der Waals surface area contributed by atoms with Gasteiger partial charge in [-0.05, 0) is 220 Å². The first kappa shape index (κ1) is 57.4. The van der Waals surface area contributed by atoms with Crippen LogP contribution in [0.15, 0.2) is 233 Å². The first-order chi connectivity index (χ1) is 44.7. The predicted molar refractivity (Wildman–Crippen MR) is 372 cm³/mol. The van der Waals surface area contributed by atoms with E-state index in [1.54, 1.807) is 0 Å². The van der Waals surface area contributed by atoms with Crippen LogP contribution in [0.25, 0.3) is 149 Å². The minimum Gasteiger partial charge on any atom is -0.871 e. The van der Waals surface area contributed by atoms with Crippen LogP contribution in [0.2, 0.25) is 0 Å². The molecule has 0 saturated carbocycles. The van der Waals surface area contributed by atoms with Crippen molar-refractivity contribution in [1.82, 2.24) is 39.9 Å². The third-order valence-corrected chi connectivity index (χ3v) is 19.3. The second kappa shape index (κ2) is 21.7. The van der Waals surface area contributed by atoms with Crippen molar-refractivity contribution in [2.75, 3.05) is 0 Å². The molecule has 0 N–H and O–H groups in total. The number of aromatic nitrogens is 8. The SMILES string of the molecule is CC1=CC(=C2C(=O)C(c3cc(C)c4cc(C(C)C)ccc(C)c3-4)=C2[O-])C2=C1CC(C(C)C)=CC=C2C.[Ni+2].c1ccc2cc3c(cc2c1)-c1nc-3nc2[n-]c(nc3nc(nc4[n-]c(n1)c1cc5ccccc5cc41)-c1cc4ccccc4cc1-3)c1cc3ccccc3cc21. The Hall–Kier alpha value is -10.7. The van der Waals surface area contributed by atoms with Crippen molar-refractivity contribution in [3.63, 3.8) is 0 Å². The number of hydrogen-bond donors (Lipinski definition) is 0. The fourth-order valence-corrected chi connectivity index (χ4v) is 14.3. The monoisotopic (exact) mass is 1250 g/mol. The van der Waals surface area contributed by atoms with Crippen LogP contribution in [0.5, 0.6) is 0 Å². The van der Waals surface area contributed by atoms with Crippen LogP contribution in [0.4, 0.5) is 0 Å². The summed E-state index contributed by atoms with van der Waals surface area (Å²) >= 11 is 0. The maximum Gasteiger partial charge on any atom is 2.00 e. The van der Waals surface area contributed by atoms with Gasteiger partial charge in [-0.15, -0.1) is 0 Å². The summed E-state index contributed by atoms with van der Waals surface area (Å²) in [7, 11) is 0. The fourth-order valence-electron chi connectivity index (χ4n) is 14.3. The molecule has 93 heavy (non-hydrogen) atoms. The minimum atomic E-state index is -0.122.